The molecule has 0 aromatic carbocycles. The van der Waals surface area contributed by atoms with E-state index in [9.17, 15) is 14.7 Å². The number of allylic oxidation sites excluding steroid dienone is 1. The number of nitrogens with zero attached hydrogens (tertiary/aromatic N) is 2. The summed E-state index contributed by atoms with van der Waals surface area (Å²) in [5.41, 5.74) is 4.54. The lowest BCUT2D eigenvalue weighted by atomic mass is 9.95. The summed E-state index contributed by atoms with van der Waals surface area (Å²) in [6.45, 7) is 3.28. The van der Waals surface area contributed by atoms with Gasteiger partial charge in [-0.15, -0.1) is 0 Å². The summed E-state index contributed by atoms with van der Waals surface area (Å²) in [5.74, 6) is -0.703. The van der Waals surface area contributed by atoms with Gasteiger partial charge >= 0.3 is 5.97 Å². The van der Waals surface area contributed by atoms with Crippen molar-refractivity contribution in [1.82, 2.24) is 4.57 Å². The molecule has 0 aliphatic carbocycles. The molecule has 0 spiro atoms. The zero-order valence-electron chi connectivity index (χ0n) is 12.3. The Hall–Kier alpha value is -2.21. The molecule has 0 amide bonds. The third kappa shape index (κ3) is 1.67. The molecule has 114 valence electrons. The topological polar surface area (TPSA) is 80.9 Å². The van der Waals surface area contributed by atoms with E-state index in [0.29, 0.717) is 23.4 Å². The number of rotatable bonds is 1. The number of aromatic nitrogens is 1. The lowest BCUT2D eigenvalue weighted by Gasteiger charge is -2.21. The number of pyridine rings is 1. The van der Waals surface area contributed by atoms with Crippen LogP contribution in [0.25, 0.3) is 0 Å². The van der Waals surface area contributed by atoms with Gasteiger partial charge in [0.2, 0.25) is 0 Å². The van der Waals surface area contributed by atoms with E-state index in [1.165, 1.54) is 5.57 Å². The van der Waals surface area contributed by atoms with Crippen molar-refractivity contribution in [2.24, 2.45) is 4.99 Å². The summed E-state index contributed by atoms with van der Waals surface area (Å²) >= 11 is 0. The molecule has 4 heterocycles. The van der Waals surface area contributed by atoms with Crippen molar-refractivity contribution in [3.8, 4) is 0 Å². The first-order valence-electron chi connectivity index (χ1n) is 7.49. The van der Waals surface area contributed by atoms with E-state index in [4.69, 9.17) is 4.74 Å². The van der Waals surface area contributed by atoms with Crippen molar-refractivity contribution in [2.75, 3.05) is 6.54 Å². The van der Waals surface area contributed by atoms with Crippen molar-refractivity contribution < 1.29 is 14.6 Å². The third-order valence-electron chi connectivity index (χ3n) is 4.69. The Morgan fingerprint density at radius 2 is 2.27 bits per heavy atom. The number of esters is 1. The number of cyclic esters (lactones) is 1. The number of fused-ring (bicyclic) bond motifs is 4. The minimum atomic E-state index is -1.38. The second-order valence-corrected chi connectivity index (χ2v) is 5.78. The van der Waals surface area contributed by atoms with Crippen LogP contribution in [0.1, 0.15) is 42.7 Å². The maximum absolute atomic E-state index is 12.7. The second-order valence-electron chi connectivity index (χ2n) is 5.78. The summed E-state index contributed by atoms with van der Waals surface area (Å²) in [4.78, 5) is 28.8. The maximum atomic E-state index is 12.7. The van der Waals surface area contributed by atoms with Crippen LogP contribution in [0, 0.1) is 0 Å². The van der Waals surface area contributed by atoms with Crippen LogP contribution < -0.4 is 5.56 Å². The average Bonchev–Trinajstić information content (AvgIpc) is 2.91. The van der Waals surface area contributed by atoms with E-state index < -0.39 is 12.1 Å². The number of hydrogen-bond donors (Lipinski definition) is 1. The Morgan fingerprint density at radius 3 is 3.05 bits per heavy atom. The molecule has 1 N–H and O–H groups in total. The molecule has 0 saturated carbocycles. The third-order valence-corrected chi connectivity index (χ3v) is 4.69. The van der Waals surface area contributed by atoms with Crippen LogP contribution in [-0.4, -0.2) is 27.9 Å². The molecule has 6 nitrogen and oxygen atoms in total. The summed E-state index contributed by atoms with van der Waals surface area (Å²) in [6.07, 6.45) is 0.494. The molecule has 0 bridgehead atoms. The van der Waals surface area contributed by atoms with Gasteiger partial charge in [0.15, 0.2) is 6.10 Å². The summed E-state index contributed by atoms with van der Waals surface area (Å²) < 4.78 is 6.55. The molecule has 0 saturated heterocycles. The fourth-order valence-electron chi connectivity index (χ4n) is 3.49. The van der Waals surface area contributed by atoms with Gasteiger partial charge in [0, 0.05) is 12.1 Å². The lowest BCUT2D eigenvalue weighted by Crippen LogP contribution is -2.33. The van der Waals surface area contributed by atoms with Gasteiger partial charge in [0.05, 0.1) is 23.5 Å². The number of hydrogen-bond acceptors (Lipinski definition) is 5. The number of carbonyl (C=O) groups excluding carboxylic acids is 1. The number of aliphatic hydroxyl groups excluding tert-OH is 1. The highest BCUT2D eigenvalue weighted by Crippen LogP contribution is 2.32. The van der Waals surface area contributed by atoms with Crippen LogP contribution in [-0.2, 0) is 22.7 Å². The zero-order chi connectivity index (χ0) is 15.4. The van der Waals surface area contributed by atoms with E-state index in [2.05, 4.69) is 11.9 Å². The summed E-state index contributed by atoms with van der Waals surface area (Å²) in [7, 11) is 0. The fraction of sp³-hybridized carbons (Fsp3) is 0.438. The molecule has 0 radical (unpaired) electrons. The Balaban J connectivity index is 1.96. The minimum absolute atomic E-state index is 0.0729. The van der Waals surface area contributed by atoms with Crippen LogP contribution in [0.4, 0.5) is 0 Å². The molecule has 22 heavy (non-hydrogen) atoms. The Bertz CT molecular complexity index is 816. The Morgan fingerprint density at radius 1 is 1.45 bits per heavy atom. The van der Waals surface area contributed by atoms with Gasteiger partial charge in [-0.3, -0.25) is 9.79 Å². The standard InChI is InChI=1S/C16H16N2O4/c1-2-8-3-4-17-13-10(8)6-18-12(13)5-9-11(15(18)20)7-22-16(21)14(9)19/h5,14,19H,2-4,6-7H2,1H3/t14-/m0/s1. The lowest BCUT2D eigenvalue weighted by molar-refractivity contribution is -0.157. The highest BCUT2D eigenvalue weighted by atomic mass is 16.5. The first-order chi connectivity index (χ1) is 10.6. The minimum Gasteiger partial charge on any atom is -0.458 e. The van der Waals surface area contributed by atoms with E-state index in [-0.39, 0.29) is 12.2 Å². The first-order valence-corrected chi connectivity index (χ1v) is 7.49. The highest BCUT2D eigenvalue weighted by molar-refractivity contribution is 6.14. The molecule has 0 unspecified atom stereocenters. The zero-order valence-corrected chi connectivity index (χ0v) is 12.3. The fourth-order valence-corrected chi connectivity index (χ4v) is 3.49. The number of aliphatic hydroxyl groups is 1. The van der Waals surface area contributed by atoms with E-state index >= 15 is 0 Å². The van der Waals surface area contributed by atoms with Gasteiger partial charge in [-0.1, -0.05) is 12.5 Å². The molecule has 6 heteroatoms. The monoisotopic (exact) mass is 300 g/mol. The van der Waals surface area contributed by atoms with Crippen molar-refractivity contribution in [3.63, 3.8) is 0 Å². The van der Waals surface area contributed by atoms with Crippen molar-refractivity contribution >= 4 is 11.7 Å². The van der Waals surface area contributed by atoms with Crippen LogP contribution in [0.5, 0.6) is 0 Å². The van der Waals surface area contributed by atoms with Gasteiger partial charge in [-0.2, -0.15) is 0 Å². The Labute approximate surface area is 126 Å². The van der Waals surface area contributed by atoms with Gasteiger partial charge in [0.1, 0.15) is 6.61 Å². The average molecular weight is 300 g/mol. The van der Waals surface area contributed by atoms with Crippen molar-refractivity contribution in [2.45, 2.75) is 39.0 Å². The molecular formula is C16H16N2O4. The Kier molecular flexibility index (Phi) is 2.84. The van der Waals surface area contributed by atoms with Crippen molar-refractivity contribution in [3.05, 3.63) is 44.4 Å². The normalized spacial score (nSPS) is 22.7. The molecule has 1 atom stereocenters. The molecule has 1 aromatic heterocycles. The SMILES string of the molecule is CCC1=C2Cn3c(cc4c(c3=O)COC(=O)[C@H]4O)C2=NCC1. The van der Waals surface area contributed by atoms with Gasteiger partial charge in [0.25, 0.3) is 5.56 Å². The number of ether oxygens (including phenoxy) is 1. The van der Waals surface area contributed by atoms with Crippen LogP contribution in [0.15, 0.2) is 27.0 Å². The van der Waals surface area contributed by atoms with Crippen molar-refractivity contribution in [1.29, 1.82) is 0 Å². The van der Waals surface area contributed by atoms with E-state index in [0.717, 1.165) is 30.7 Å². The molecule has 0 fully saturated rings. The van der Waals surface area contributed by atoms with Crippen LogP contribution >= 0.6 is 0 Å². The first kappa shape index (κ1) is 13.5. The summed E-state index contributed by atoms with van der Waals surface area (Å²) in [6, 6.07) is 1.73. The van der Waals surface area contributed by atoms with Crippen LogP contribution in [0.3, 0.4) is 0 Å². The molecular weight excluding hydrogens is 284 g/mol. The molecule has 4 rings (SSSR count). The molecule has 1 aromatic rings. The van der Waals surface area contributed by atoms with Gasteiger partial charge < -0.3 is 14.4 Å². The van der Waals surface area contributed by atoms with Gasteiger partial charge in [-0.25, -0.2) is 4.79 Å². The number of aliphatic imine (C=N–C) groups is 1. The molecule has 3 aliphatic rings. The largest absolute Gasteiger partial charge is 0.458 e. The second kappa shape index (κ2) is 4.64. The number of carbonyl (C=O) groups is 1. The highest BCUT2D eigenvalue weighted by Gasteiger charge is 2.35. The predicted molar refractivity (Wildman–Crippen MR) is 78.8 cm³/mol. The van der Waals surface area contributed by atoms with Gasteiger partial charge in [-0.05, 0) is 24.5 Å². The predicted octanol–water partition coefficient (Wildman–Crippen LogP) is 0.851. The van der Waals surface area contributed by atoms with E-state index in [1.54, 1.807) is 10.6 Å². The molecule has 3 aliphatic heterocycles. The maximum Gasteiger partial charge on any atom is 0.340 e. The number of dihydropyridines is 1. The van der Waals surface area contributed by atoms with E-state index in [1.807, 2.05) is 0 Å². The summed E-state index contributed by atoms with van der Waals surface area (Å²) in [5, 5.41) is 10.0. The quantitative estimate of drug-likeness (QED) is 0.780. The smallest absolute Gasteiger partial charge is 0.340 e. The van der Waals surface area contributed by atoms with Crippen LogP contribution in [0.2, 0.25) is 0 Å².